The highest BCUT2D eigenvalue weighted by atomic mass is 127. The molecule has 3 N–H and O–H groups in total. The van der Waals surface area contributed by atoms with Crippen LogP contribution in [0.2, 0.25) is 0 Å². The van der Waals surface area contributed by atoms with Gasteiger partial charge >= 0.3 is 0 Å². The fourth-order valence-corrected chi connectivity index (χ4v) is 2.14. The van der Waals surface area contributed by atoms with E-state index in [-0.39, 0.29) is 24.2 Å². The van der Waals surface area contributed by atoms with Crippen molar-refractivity contribution in [2.24, 2.45) is 11.7 Å². The maximum absolute atomic E-state index is 11.9. The van der Waals surface area contributed by atoms with Gasteiger partial charge in [0.1, 0.15) is 0 Å². The van der Waals surface area contributed by atoms with Crippen LogP contribution in [0.1, 0.15) is 25.8 Å². The van der Waals surface area contributed by atoms with Gasteiger partial charge in [-0.25, -0.2) is 0 Å². The molecule has 0 heterocycles. The summed E-state index contributed by atoms with van der Waals surface area (Å²) in [6.45, 7) is 6.01. The van der Waals surface area contributed by atoms with Crippen LogP contribution in [0.25, 0.3) is 0 Å². The molecule has 0 saturated carbocycles. The fourth-order valence-electron chi connectivity index (χ4n) is 1.50. The molecule has 0 spiro atoms. The van der Waals surface area contributed by atoms with E-state index in [4.69, 9.17) is 5.73 Å². The highest BCUT2D eigenvalue weighted by molar-refractivity contribution is 14.1. The maximum atomic E-state index is 11.9. The summed E-state index contributed by atoms with van der Waals surface area (Å²) in [4.78, 5) is 11.9. The van der Waals surface area contributed by atoms with Gasteiger partial charge in [0.15, 0.2) is 0 Å². The lowest BCUT2D eigenvalue weighted by atomic mass is 9.99. The van der Waals surface area contributed by atoms with Crippen molar-refractivity contribution in [1.82, 2.24) is 0 Å². The molecule has 102 valence electrons. The highest BCUT2D eigenvalue weighted by Gasteiger charge is 2.19. The number of halogens is 2. The number of carbonyl (C=O) groups is 1. The lowest BCUT2D eigenvalue weighted by molar-refractivity contribution is -0.118. The Morgan fingerprint density at radius 3 is 2.61 bits per heavy atom. The van der Waals surface area contributed by atoms with Crippen LogP contribution in [0.15, 0.2) is 18.2 Å². The minimum absolute atomic E-state index is 0. The molecular weight excluding hydrogens is 363 g/mol. The van der Waals surface area contributed by atoms with Crippen LogP contribution in [-0.2, 0) is 4.79 Å². The Labute approximate surface area is 128 Å². The monoisotopic (exact) mass is 382 g/mol. The van der Waals surface area contributed by atoms with E-state index in [0.29, 0.717) is 0 Å². The molecule has 5 heteroatoms. The van der Waals surface area contributed by atoms with Gasteiger partial charge in [-0.05, 0) is 59.2 Å². The summed E-state index contributed by atoms with van der Waals surface area (Å²) in [6, 6.07) is 5.47. The molecule has 1 rings (SSSR count). The number of carbonyl (C=O) groups excluding carboxylic acids is 1. The molecular formula is C13H20ClIN2O. The van der Waals surface area contributed by atoms with Crippen molar-refractivity contribution in [3.05, 3.63) is 27.3 Å². The Hall–Kier alpha value is -0.330. The summed E-state index contributed by atoms with van der Waals surface area (Å²) in [5.41, 5.74) is 7.78. The molecule has 0 saturated heterocycles. The Kier molecular flexibility index (Phi) is 7.82. The van der Waals surface area contributed by atoms with Crippen LogP contribution >= 0.6 is 35.0 Å². The van der Waals surface area contributed by atoms with Crippen LogP contribution in [-0.4, -0.2) is 11.9 Å². The van der Waals surface area contributed by atoms with E-state index < -0.39 is 6.04 Å². The summed E-state index contributed by atoms with van der Waals surface area (Å²) < 4.78 is 1.16. The minimum Gasteiger partial charge on any atom is -0.324 e. The Bertz CT molecular complexity index is 412. The normalized spacial score (nSPS) is 13.4. The molecule has 18 heavy (non-hydrogen) atoms. The van der Waals surface area contributed by atoms with E-state index in [1.165, 1.54) is 0 Å². The third-order valence-corrected chi connectivity index (χ3v) is 3.68. The minimum atomic E-state index is -0.446. The second-order valence-electron chi connectivity index (χ2n) is 4.36. The van der Waals surface area contributed by atoms with Gasteiger partial charge in [-0.1, -0.05) is 20.3 Å². The first-order valence-corrected chi connectivity index (χ1v) is 6.86. The number of hydrogen-bond donors (Lipinski definition) is 2. The predicted molar refractivity (Wildman–Crippen MR) is 87.2 cm³/mol. The fraction of sp³-hybridized carbons (Fsp3) is 0.462. The molecule has 0 radical (unpaired) electrons. The largest absolute Gasteiger partial charge is 0.324 e. The lowest BCUT2D eigenvalue weighted by Gasteiger charge is -2.18. The molecule has 0 aromatic heterocycles. The third-order valence-electron chi connectivity index (χ3n) is 3.01. The third kappa shape index (κ3) is 4.74. The van der Waals surface area contributed by atoms with Gasteiger partial charge in [0, 0.05) is 9.26 Å². The van der Waals surface area contributed by atoms with Crippen molar-refractivity contribution in [2.75, 3.05) is 5.32 Å². The van der Waals surface area contributed by atoms with Crippen LogP contribution in [0.4, 0.5) is 5.69 Å². The zero-order chi connectivity index (χ0) is 13.0. The van der Waals surface area contributed by atoms with E-state index in [1.807, 2.05) is 39.0 Å². The number of nitrogens with two attached hydrogens (primary N) is 1. The van der Waals surface area contributed by atoms with Crippen molar-refractivity contribution < 1.29 is 4.79 Å². The van der Waals surface area contributed by atoms with Gasteiger partial charge in [0.05, 0.1) is 6.04 Å². The summed E-state index contributed by atoms with van der Waals surface area (Å²) >= 11 is 2.25. The van der Waals surface area contributed by atoms with Gasteiger partial charge in [0.25, 0.3) is 0 Å². The molecule has 0 fully saturated rings. The Morgan fingerprint density at radius 1 is 1.50 bits per heavy atom. The number of anilines is 1. The van der Waals surface area contributed by atoms with Gasteiger partial charge in [0.2, 0.25) is 5.91 Å². The molecule has 1 aromatic carbocycles. The van der Waals surface area contributed by atoms with Crippen LogP contribution in [0, 0.1) is 16.4 Å². The molecule has 1 aromatic rings. The zero-order valence-electron chi connectivity index (χ0n) is 10.9. The summed E-state index contributed by atoms with van der Waals surface area (Å²) in [6.07, 6.45) is 0.903. The van der Waals surface area contributed by atoms with Gasteiger partial charge in [-0.2, -0.15) is 0 Å². The van der Waals surface area contributed by atoms with Crippen molar-refractivity contribution in [3.8, 4) is 0 Å². The SMILES string of the molecule is CCC(C)C(N)C(=O)Nc1ccc(I)cc1C.Cl. The Morgan fingerprint density at radius 2 is 2.11 bits per heavy atom. The smallest absolute Gasteiger partial charge is 0.241 e. The first kappa shape index (κ1) is 17.7. The number of rotatable bonds is 4. The predicted octanol–water partition coefficient (Wildman–Crippen LogP) is 3.33. The highest BCUT2D eigenvalue weighted by Crippen LogP contribution is 2.18. The van der Waals surface area contributed by atoms with E-state index in [0.717, 1.165) is 21.2 Å². The molecule has 0 aliphatic carbocycles. The molecule has 0 bridgehead atoms. The second-order valence-corrected chi connectivity index (χ2v) is 5.61. The summed E-state index contributed by atoms with van der Waals surface area (Å²) in [7, 11) is 0. The molecule has 2 unspecified atom stereocenters. The first-order chi connectivity index (χ1) is 7.95. The van der Waals surface area contributed by atoms with Crippen LogP contribution in [0.3, 0.4) is 0 Å². The van der Waals surface area contributed by atoms with E-state index >= 15 is 0 Å². The lowest BCUT2D eigenvalue weighted by Crippen LogP contribution is -2.40. The van der Waals surface area contributed by atoms with Gasteiger partial charge < -0.3 is 11.1 Å². The standard InChI is InChI=1S/C13H19IN2O.ClH/c1-4-8(2)12(15)13(17)16-11-6-5-10(14)7-9(11)3;/h5-8,12H,4,15H2,1-3H3,(H,16,17);1H. The Balaban J connectivity index is 0.00000289. The van der Waals surface area contributed by atoms with E-state index in [2.05, 4.69) is 27.9 Å². The van der Waals surface area contributed by atoms with Crippen molar-refractivity contribution in [3.63, 3.8) is 0 Å². The van der Waals surface area contributed by atoms with Crippen molar-refractivity contribution in [1.29, 1.82) is 0 Å². The second kappa shape index (κ2) is 7.96. The quantitative estimate of drug-likeness (QED) is 0.785. The van der Waals surface area contributed by atoms with Gasteiger partial charge in [-0.15, -0.1) is 12.4 Å². The van der Waals surface area contributed by atoms with E-state index in [1.54, 1.807) is 0 Å². The average molecular weight is 383 g/mol. The maximum Gasteiger partial charge on any atom is 0.241 e. The molecule has 3 nitrogen and oxygen atoms in total. The van der Waals surface area contributed by atoms with Crippen LogP contribution < -0.4 is 11.1 Å². The summed E-state index contributed by atoms with van der Waals surface area (Å²) in [5.74, 6) is 0.0859. The van der Waals surface area contributed by atoms with E-state index in [9.17, 15) is 4.79 Å². The topological polar surface area (TPSA) is 55.1 Å². The zero-order valence-corrected chi connectivity index (χ0v) is 13.8. The van der Waals surface area contributed by atoms with Gasteiger partial charge in [-0.3, -0.25) is 4.79 Å². The molecule has 1 amide bonds. The number of amides is 1. The molecule has 0 aliphatic rings. The molecule has 0 aliphatic heterocycles. The van der Waals surface area contributed by atoms with Crippen molar-refractivity contribution >= 4 is 46.6 Å². The molecule has 2 atom stereocenters. The first-order valence-electron chi connectivity index (χ1n) is 5.78. The number of hydrogen-bond acceptors (Lipinski definition) is 2. The number of nitrogens with one attached hydrogen (secondary N) is 1. The average Bonchev–Trinajstić information content (AvgIpc) is 2.30. The van der Waals surface area contributed by atoms with Crippen molar-refractivity contribution in [2.45, 2.75) is 33.2 Å². The van der Waals surface area contributed by atoms with Crippen LogP contribution in [0.5, 0.6) is 0 Å². The number of benzene rings is 1. The summed E-state index contributed by atoms with van der Waals surface area (Å²) in [5, 5.41) is 2.89. The number of aryl methyl sites for hydroxylation is 1.